The fraction of sp³-hybridized carbons (Fsp3) is 0.571. The van der Waals surface area contributed by atoms with Crippen LogP contribution in [0.3, 0.4) is 0 Å². The third kappa shape index (κ3) is 6.24. The summed E-state index contributed by atoms with van der Waals surface area (Å²) in [5, 5.41) is 9.33. The van der Waals surface area contributed by atoms with Gasteiger partial charge in [-0.15, -0.1) is 0 Å². The van der Waals surface area contributed by atoms with E-state index in [-0.39, 0.29) is 0 Å². The average Bonchev–Trinajstić information content (AvgIpc) is 2.37. The molecular weight excluding hydrogens is 250 g/mol. The van der Waals surface area contributed by atoms with Gasteiger partial charge in [-0.2, -0.15) is 0 Å². The fourth-order valence-electron chi connectivity index (χ4n) is 1.66. The number of rotatable bonds is 9. The van der Waals surface area contributed by atoms with Gasteiger partial charge in [0.1, 0.15) is 12.4 Å². The quantitative estimate of drug-likeness (QED) is 0.701. The minimum atomic E-state index is 0.291. The SMILES string of the molecule is CN(CCCCCO)CCOc1ccccc1Cl. The lowest BCUT2D eigenvalue weighted by molar-refractivity contribution is 0.230. The van der Waals surface area contributed by atoms with Crippen molar-refractivity contribution in [2.75, 3.05) is 33.4 Å². The van der Waals surface area contributed by atoms with Gasteiger partial charge in [0.05, 0.1) is 5.02 Å². The van der Waals surface area contributed by atoms with Gasteiger partial charge in [0.25, 0.3) is 0 Å². The predicted octanol–water partition coefficient (Wildman–Crippen LogP) is 2.81. The van der Waals surface area contributed by atoms with Gasteiger partial charge >= 0.3 is 0 Å². The first-order valence-corrected chi connectivity index (χ1v) is 6.78. The smallest absolute Gasteiger partial charge is 0.137 e. The summed E-state index contributed by atoms with van der Waals surface area (Å²) in [4.78, 5) is 2.23. The molecule has 18 heavy (non-hydrogen) atoms. The Hall–Kier alpha value is -0.770. The molecule has 4 heteroatoms. The van der Waals surface area contributed by atoms with E-state index in [0.29, 0.717) is 18.2 Å². The molecule has 1 aromatic rings. The number of aliphatic hydroxyl groups is 1. The number of halogens is 1. The Kier molecular flexibility index (Phi) is 7.81. The van der Waals surface area contributed by atoms with Gasteiger partial charge in [-0.3, -0.25) is 0 Å². The molecule has 1 N–H and O–H groups in total. The number of hydrogen-bond acceptors (Lipinski definition) is 3. The van der Waals surface area contributed by atoms with E-state index in [1.165, 1.54) is 0 Å². The number of para-hydroxylation sites is 1. The molecular formula is C14H22ClNO2. The van der Waals surface area contributed by atoms with Crippen LogP contribution in [-0.2, 0) is 0 Å². The highest BCUT2D eigenvalue weighted by atomic mass is 35.5. The van der Waals surface area contributed by atoms with Crippen LogP contribution in [0.1, 0.15) is 19.3 Å². The molecule has 0 aliphatic carbocycles. The van der Waals surface area contributed by atoms with Gasteiger partial charge in [0.2, 0.25) is 0 Å². The van der Waals surface area contributed by atoms with Crippen molar-refractivity contribution in [3.63, 3.8) is 0 Å². The Morgan fingerprint density at radius 1 is 1.17 bits per heavy atom. The van der Waals surface area contributed by atoms with Crippen LogP contribution in [0.25, 0.3) is 0 Å². The first-order valence-electron chi connectivity index (χ1n) is 6.41. The van der Waals surface area contributed by atoms with E-state index in [1.807, 2.05) is 24.3 Å². The van der Waals surface area contributed by atoms with E-state index in [9.17, 15) is 0 Å². The third-order valence-corrected chi connectivity index (χ3v) is 3.08. The van der Waals surface area contributed by atoms with Crippen molar-refractivity contribution in [2.45, 2.75) is 19.3 Å². The number of ether oxygens (including phenoxy) is 1. The van der Waals surface area contributed by atoms with Crippen molar-refractivity contribution in [1.29, 1.82) is 0 Å². The molecule has 0 radical (unpaired) electrons. The molecule has 0 spiro atoms. The van der Waals surface area contributed by atoms with Crippen LogP contribution < -0.4 is 4.74 Å². The van der Waals surface area contributed by atoms with Crippen molar-refractivity contribution >= 4 is 11.6 Å². The maximum atomic E-state index is 8.68. The molecule has 0 fully saturated rings. The van der Waals surface area contributed by atoms with E-state index < -0.39 is 0 Å². The third-order valence-electron chi connectivity index (χ3n) is 2.77. The second-order valence-corrected chi connectivity index (χ2v) is 4.77. The molecule has 0 bridgehead atoms. The first kappa shape index (κ1) is 15.3. The van der Waals surface area contributed by atoms with Crippen molar-refractivity contribution in [2.24, 2.45) is 0 Å². The number of likely N-dealkylation sites (N-methyl/N-ethyl adjacent to an activating group) is 1. The van der Waals surface area contributed by atoms with Crippen LogP contribution in [0.5, 0.6) is 5.75 Å². The molecule has 0 atom stereocenters. The standard InChI is InChI=1S/C14H22ClNO2/c1-16(9-5-2-6-11-17)10-12-18-14-8-4-3-7-13(14)15/h3-4,7-8,17H,2,5-6,9-12H2,1H3. The number of benzene rings is 1. The van der Waals surface area contributed by atoms with E-state index in [1.54, 1.807) is 0 Å². The van der Waals surface area contributed by atoms with Gasteiger partial charge in [0, 0.05) is 13.2 Å². The summed E-state index contributed by atoms with van der Waals surface area (Å²) in [6.07, 6.45) is 3.08. The maximum absolute atomic E-state index is 8.68. The normalized spacial score (nSPS) is 10.9. The minimum absolute atomic E-state index is 0.291. The Labute approximate surface area is 114 Å². The zero-order valence-corrected chi connectivity index (χ0v) is 11.7. The second-order valence-electron chi connectivity index (χ2n) is 4.37. The summed E-state index contributed by atoms with van der Waals surface area (Å²) in [7, 11) is 2.08. The molecule has 1 rings (SSSR count). The number of hydrogen-bond donors (Lipinski definition) is 1. The van der Waals surface area contributed by atoms with Crippen LogP contribution in [0.2, 0.25) is 5.02 Å². The summed E-state index contributed by atoms with van der Waals surface area (Å²) < 4.78 is 5.62. The average molecular weight is 272 g/mol. The highest BCUT2D eigenvalue weighted by Gasteiger charge is 2.01. The molecule has 0 heterocycles. The van der Waals surface area contributed by atoms with Crippen LogP contribution in [0, 0.1) is 0 Å². The zero-order valence-electron chi connectivity index (χ0n) is 10.9. The van der Waals surface area contributed by atoms with Crippen molar-refractivity contribution in [1.82, 2.24) is 4.90 Å². The number of unbranched alkanes of at least 4 members (excludes halogenated alkanes) is 2. The Morgan fingerprint density at radius 3 is 2.67 bits per heavy atom. The molecule has 3 nitrogen and oxygen atoms in total. The van der Waals surface area contributed by atoms with Gasteiger partial charge in [0.15, 0.2) is 0 Å². The Morgan fingerprint density at radius 2 is 1.94 bits per heavy atom. The lowest BCUT2D eigenvalue weighted by atomic mass is 10.2. The molecule has 0 saturated carbocycles. The zero-order chi connectivity index (χ0) is 13.2. The lowest BCUT2D eigenvalue weighted by Gasteiger charge is -2.17. The minimum Gasteiger partial charge on any atom is -0.491 e. The lowest BCUT2D eigenvalue weighted by Crippen LogP contribution is -2.25. The van der Waals surface area contributed by atoms with Gasteiger partial charge < -0.3 is 14.7 Å². The van der Waals surface area contributed by atoms with Crippen LogP contribution in [0.15, 0.2) is 24.3 Å². The largest absolute Gasteiger partial charge is 0.491 e. The summed E-state index contributed by atoms with van der Waals surface area (Å²) in [6.45, 7) is 2.84. The fourth-order valence-corrected chi connectivity index (χ4v) is 1.85. The molecule has 0 aliphatic heterocycles. The molecule has 0 unspecified atom stereocenters. The topological polar surface area (TPSA) is 32.7 Å². The Balaban J connectivity index is 2.12. The van der Waals surface area contributed by atoms with E-state index in [0.717, 1.165) is 38.1 Å². The van der Waals surface area contributed by atoms with E-state index in [2.05, 4.69) is 11.9 Å². The van der Waals surface area contributed by atoms with E-state index >= 15 is 0 Å². The molecule has 1 aromatic carbocycles. The van der Waals surface area contributed by atoms with Gasteiger partial charge in [-0.1, -0.05) is 23.7 Å². The maximum Gasteiger partial charge on any atom is 0.137 e. The second kappa shape index (κ2) is 9.20. The molecule has 0 aliphatic rings. The van der Waals surface area contributed by atoms with Crippen molar-refractivity contribution in [3.05, 3.63) is 29.3 Å². The van der Waals surface area contributed by atoms with Crippen LogP contribution in [0.4, 0.5) is 0 Å². The molecule has 0 aromatic heterocycles. The first-order chi connectivity index (χ1) is 8.74. The molecule has 0 saturated heterocycles. The van der Waals surface area contributed by atoms with Crippen LogP contribution in [-0.4, -0.2) is 43.4 Å². The highest BCUT2D eigenvalue weighted by molar-refractivity contribution is 6.32. The van der Waals surface area contributed by atoms with Crippen LogP contribution >= 0.6 is 11.6 Å². The Bertz CT molecular complexity index is 333. The molecule has 0 amide bonds. The van der Waals surface area contributed by atoms with Crippen molar-refractivity contribution in [3.8, 4) is 5.75 Å². The van der Waals surface area contributed by atoms with E-state index in [4.69, 9.17) is 21.4 Å². The summed E-state index contributed by atoms with van der Waals surface area (Å²) >= 11 is 6.00. The summed E-state index contributed by atoms with van der Waals surface area (Å²) in [5.41, 5.74) is 0. The predicted molar refractivity (Wildman–Crippen MR) is 75.4 cm³/mol. The van der Waals surface area contributed by atoms with Gasteiger partial charge in [-0.05, 0) is 45.0 Å². The van der Waals surface area contributed by atoms with Gasteiger partial charge in [-0.25, -0.2) is 0 Å². The monoisotopic (exact) mass is 271 g/mol. The summed E-state index contributed by atoms with van der Waals surface area (Å²) in [5.74, 6) is 0.743. The number of nitrogens with zero attached hydrogens (tertiary/aromatic N) is 1. The molecule has 102 valence electrons. The highest BCUT2D eigenvalue weighted by Crippen LogP contribution is 2.22. The van der Waals surface area contributed by atoms with Crippen molar-refractivity contribution < 1.29 is 9.84 Å². The number of aliphatic hydroxyl groups excluding tert-OH is 1. The summed E-state index contributed by atoms with van der Waals surface area (Å²) in [6, 6.07) is 7.52.